The van der Waals surface area contributed by atoms with E-state index in [1.54, 1.807) is 0 Å². The average molecular weight is 334 g/mol. The van der Waals surface area contributed by atoms with Crippen LogP contribution in [0, 0.1) is 6.92 Å². The summed E-state index contributed by atoms with van der Waals surface area (Å²) in [5.41, 5.74) is 4.95. The minimum absolute atomic E-state index is 0.183. The van der Waals surface area contributed by atoms with Crippen LogP contribution in [-0.2, 0) is 13.0 Å². The third-order valence-electron chi connectivity index (χ3n) is 5.66. The van der Waals surface area contributed by atoms with E-state index in [0.717, 1.165) is 44.6 Å². The Labute approximate surface area is 150 Å². The highest BCUT2D eigenvalue weighted by atomic mass is 16.2. The number of piperidine rings is 1. The fraction of sp³-hybridized carbons (Fsp3) is 0.409. The molecule has 2 aromatic rings. The molecule has 1 amide bonds. The molecule has 0 radical (unpaired) electrons. The Kier molecular flexibility index (Phi) is 4.58. The Morgan fingerprint density at radius 3 is 2.56 bits per heavy atom. The zero-order valence-corrected chi connectivity index (χ0v) is 14.9. The van der Waals surface area contributed by atoms with Crippen molar-refractivity contribution in [3.63, 3.8) is 0 Å². The van der Waals surface area contributed by atoms with Gasteiger partial charge in [0, 0.05) is 37.8 Å². The van der Waals surface area contributed by atoms with Gasteiger partial charge in [0.05, 0.1) is 0 Å². The van der Waals surface area contributed by atoms with Gasteiger partial charge in [-0.15, -0.1) is 0 Å². The Bertz CT molecular complexity index is 753. The lowest BCUT2D eigenvalue weighted by molar-refractivity contribution is 0.0549. The predicted molar refractivity (Wildman–Crippen MR) is 101 cm³/mol. The van der Waals surface area contributed by atoms with E-state index in [1.165, 1.54) is 23.1 Å². The Hall–Kier alpha value is -2.13. The number of aryl methyl sites for hydroxylation is 1. The molecule has 25 heavy (non-hydrogen) atoms. The molecule has 0 bridgehead atoms. The molecule has 2 heterocycles. The highest BCUT2D eigenvalue weighted by Gasteiger charge is 2.30. The number of nitrogens with zero attached hydrogens (tertiary/aromatic N) is 2. The molecule has 2 aliphatic heterocycles. The van der Waals surface area contributed by atoms with Crippen molar-refractivity contribution in [1.29, 1.82) is 0 Å². The van der Waals surface area contributed by atoms with Gasteiger partial charge in [-0.05, 0) is 49.4 Å². The second-order valence-electron chi connectivity index (χ2n) is 7.40. The molecular weight excluding hydrogens is 308 g/mol. The number of amides is 1. The highest BCUT2D eigenvalue weighted by Crippen LogP contribution is 2.25. The zero-order chi connectivity index (χ0) is 17.2. The monoisotopic (exact) mass is 334 g/mol. The molecule has 0 spiro atoms. The molecule has 1 saturated heterocycles. The topological polar surface area (TPSA) is 23.6 Å². The first kappa shape index (κ1) is 16.3. The van der Waals surface area contributed by atoms with Crippen LogP contribution in [0.3, 0.4) is 0 Å². The van der Waals surface area contributed by atoms with Crippen molar-refractivity contribution in [2.24, 2.45) is 0 Å². The van der Waals surface area contributed by atoms with Crippen LogP contribution >= 0.6 is 0 Å². The van der Waals surface area contributed by atoms with Crippen molar-refractivity contribution in [3.8, 4) is 0 Å². The molecule has 130 valence electrons. The number of benzene rings is 2. The lowest BCUT2D eigenvalue weighted by Gasteiger charge is -2.41. The molecule has 1 fully saturated rings. The minimum Gasteiger partial charge on any atom is -0.337 e. The van der Waals surface area contributed by atoms with Gasteiger partial charge in [-0.1, -0.05) is 42.0 Å². The Morgan fingerprint density at radius 2 is 1.76 bits per heavy atom. The number of likely N-dealkylation sites (tertiary alicyclic amines) is 1. The van der Waals surface area contributed by atoms with Crippen LogP contribution in [-0.4, -0.2) is 41.4 Å². The van der Waals surface area contributed by atoms with Gasteiger partial charge in [0.15, 0.2) is 0 Å². The number of hydrogen-bond acceptors (Lipinski definition) is 2. The highest BCUT2D eigenvalue weighted by molar-refractivity contribution is 5.94. The third kappa shape index (κ3) is 3.47. The molecule has 0 saturated carbocycles. The number of carbonyl (C=O) groups is 1. The number of fused-ring (bicyclic) bond motifs is 1. The van der Waals surface area contributed by atoms with Gasteiger partial charge in [-0.3, -0.25) is 9.69 Å². The van der Waals surface area contributed by atoms with Crippen LogP contribution in [0.5, 0.6) is 0 Å². The van der Waals surface area contributed by atoms with Crippen LogP contribution in [0.25, 0.3) is 0 Å². The van der Waals surface area contributed by atoms with Gasteiger partial charge < -0.3 is 4.90 Å². The lowest BCUT2D eigenvalue weighted by Crippen LogP contribution is -2.51. The first-order valence-electron chi connectivity index (χ1n) is 9.37. The summed E-state index contributed by atoms with van der Waals surface area (Å²) in [5.74, 6) is 0.183. The molecule has 0 aliphatic carbocycles. The zero-order valence-electron chi connectivity index (χ0n) is 14.9. The van der Waals surface area contributed by atoms with Crippen molar-refractivity contribution < 1.29 is 4.79 Å². The summed E-state index contributed by atoms with van der Waals surface area (Å²) >= 11 is 0. The van der Waals surface area contributed by atoms with Gasteiger partial charge in [0.25, 0.3) is 5.91 Å². The lowest BCUT2D eigenvalue weighted by atomic mass is 9.95. The first-order valence-corrected chi connectivity index (χ1v) is 9.37. The summed E-state index contributed by atoms with van der Waals surface area (Å²) < 4.78 is 0. The van der Waals surface area contributed by atoms with E-state index in [4.69, 9.17) is 0 Å². The van der Waals surface area contributed by atoms with Crippen molar-refractivity contribution in [2.45, 2.75) is 38.8 Å². The van der Waals surface area contributed by atoms with Crippen LogP contribution in [0.1, 0.15) is 39.9 Å². The summed E-state index contributed by atoms with van der Waals surface area (Å²) in [6.45, 7) is 5.92. The van der Waals surface area contributed by atoms with E-state index < -0.39 is 0 Å². The molecule has 0 aromatic heterocycles. The molecule has 2 aromatic carbocycles. The summed E-state index contributed by atoms with van der Waals surface area (Å²) in [6, 6.07) is 17.2. The van der Waals surface area contributed by atoms with Crippen molar-refractivity contribution in [1.82, 2.24) is 9.80 Å². The largest absolute Gasteiger partial charge is 0.337 e. The van der Waals surface area contributed by atoms with Gasteiger partial charge in [-0.25, -0.2) is 0 Å². The number of hydrogen-bond donors (Lipinski definition) is 0. The summed E-state index contributed by atoms with van der Waals surface area (Å²) in [6.07, 6.45) is 3.42. The van der Waals surface area contributed by atoms with Crippen LogP contribution < -0.4 is 0 Å². The third-order valence-corrected chi connectivity index (χ3v) is 5.66. The number of rotatable bonds is 2. The minimum atomic E-state index is 0.183. The van der Waals surface area contributed by atoms with E-state index in [2.05, 4.69) is 41.0 Å². The fourth-order valence-corrected chi connectivity index (χ4v) is 4.15. The molecule has 4 rings (SSSR count). The van der Waals surface area contributed by atoms with E-state index in [1.807, 2.05) is 24.3 Å². The summed E-state index contributed by atoms with van der Waals surface area (Å²) in [5, 5.41) is 0. The van der Waals surface area contributed by atoms with E-state index >= 15 is 0 Å². The van der Waals surface area contributed by atoms with Crippen LogP contribution in [0.4, 0.5) is 0 Å². The molecule has 0 unspecified atom stereocenters. The predicted octanol–water partition coefficient (Wildman–Crippen LogP) is 3.66. The van der Waals surface area contributed by atoms with Crippen LogP contribution in [0.15, 0.2) is 48.5 Å². The second-order valence-corrected chi connectivity index (χ2v) is 7.40. The van der Waals surface area contributed by atoms with Crippen molar-refractivity contribution in [3.05, 3.63) is 70.8 Å². The van der Waals surface area contributed by atoms with Crippen LogP contribution in [0.2, 0.25) is 0 Å². The van der Waals surface area contributed by atoms with E-state index in [-0.39, 0.29) is 5.91 Å². The molecule has 1 atom stereocenters. The van der Waals surface area contributed by atoms with Gasteiger partial charge >= 0.3 is 0 Å². The standard InChI is InChI=1S/C22H26N2O/c1-17-8-10-19(11-9-17)22(25)24-13-4-7-21(16-24)23-14-12-18-5-2-3-6-20(18)15-23/h2-3,5-6,8-11,21H,4,7,12-16H2,1H3/t21-/m0/s1. The second kappa shape index (κ2) is 7.01. The maximum absolute atomic E-state index is 12.8. The maximum atomic E-state index is 12.8. The smallest absolute Gasteiger partial charge is 0.253 e. The number of carbonyl (C=O) groups excluding carboxylic acids is 1. The fourth-order valence-electron chi connectivity index (χ4n) is 4.15. The van der Waals surface area contributed by atoms with Crippen molar-refractivity contribution >= 4 is 5.91 Å². The molecular formula is C22H26N2O. The normalized spacial score (nSPS) is 21.0. The molecule has 0 N–H and O–H groups in total. The average Bonchev–Trinajstić information content (AvgIpc) is 2.68. The summed E-state index contributed by atoms with van der Waals surface area (Å²) in [4.78, 5) is 17.5. The van der Waals surface area contributed by atoms with Gasteiger partial charge in [0.1, 0.15) is 0 Å². The van der Waals surface area contributed by atoms with E-state index in [0.29, 0.717) is 6.04 Å². The van der Waals surface area contributed by atoms with Gasteiger partial charge in [0.2, 0.25) is 0 Å². The summed E-state index contributed by atoms with van der Waals surface area (Å²) in [7, 11) is 0. The maximum Gasteiger partial charge on any atom is 0.253 e. The quantitative estimate of drug-likeness (QED) is 0.837. The molecule has 2 aliphatic rings. The Balaban J connectivity index is 1.44. The Morgan fingerprint density at radius 1 is 1.00 bits per heavy atom. The molecule has 3 heteroatoms. The van der Waals surface area contributed by atoms with Crippen molar-refractivity contribution in [2.75, 3.05) is 19.6 Å². The first-order chi connectivity index (χ1) is 12.2. The molecule has 3 nitrogen and oxygen atoms in total. The van der Waals surface area contributed by atoms with E-state index in [9.17, 15) is 4.79 Å². The van der Waals surface area contributed by atoms with Gasteiger partial charge in [-0.2, -0.15) is 0 Å². The SMILES string of the molecule is Cc1ccc(C(=O)N2CCC[C@H](N3CCc4ccccc4C3)C2)cc1.